The third-order valence-electron chi connectivity index (χ3n) is 1.37. The zero-order valence-electron chi connectivity index (χ0n) is 5.52. The van der Waals surface area contributed by atoms with Gasteiger partial charge in [-0.05, 0) is 6.92 Å². The molecule has 0 unspecified atom stereocenters. The highest BCUT2D eigenvalue weighted by Crippen LogP contribution is 2.01. The van der Waals surface area contributed by atoms with Crippen LogP contribution in [0.5, 0.6) is 0 Å². The van der Waals surface area contributed by atoms with Crippen molar-refractivity contribution in [2.75, 3.05) is 0 Å². The second-order valence-corrected chi connectivity index (χ2v) is 2.11. The lowest BCUT2D eigenvalue weighted by molar-refractivity contribution is 0.888. The van der Waals surface area contributed by atoms with E-state index in [4.69, 9.17) is 0 Å². The van der Waals surface area contributed by atoms with Gasteiger partial charge in [-0.3, -0.25) is 0 Å². The van der Waals surface area contributed by atoms with Crippen molar-refractivity contribution in [3.05, 3.63) is 24.2 Å². The van der Waals surface area contributed by atoms with Crippen molar-refractivity contribution in [1.82, 2.24) is 19.8 Å². The van der Waals surface area contributed by atoms with Gasteiger partial charge in [0.25, 0.3) is 0 Å². The maximum Gasteiger partial charge on any atom is 0.180 e. The molecule has 0 bridgehead atoms. The third-order valence-corrected chi connectivity index (χ3v) is 1.37. The highest BCUT2D eigenvalue weighted by molar-refractivity contribution is 5.42. The second-order valence-electron chi connectivity index (χ2n) is 2.11. The molecule has 10 heavy (non-hydrogen) atoms. The zero-order valence-corrected chi connectivity index (χ0v) is 5.52. The summed E-state index contributed by atoms with van der Waals surface area (Å²) in [6, 6.07) is 0. The Morgan fingerprint density at radius 1 is 1.50 bits per heavy atom. The molecule has 4 nitrogen and oxygen atoms in total. The first kappa shape index (κ1) is 5.34. The molecular formula is C6H6N4. The Labute approximate surface area is 57.5 Å². The number of aryl methyl sites for hydroxylation is 1. The molecule has 0 aliphatic heterocycles. The summed E-state index contributed by atoms with van der Waals surface area (Å²) in [4.78, 5) is 0. The molecule has 0 aliphatic carbocycles. The molecule has 2 aromatic rings. The van der Waals surface area contributed by atoms with E-state index in [1.165, 1.54) is 0 Å². The van der Waals surface area contributed by atoms with E-state index in [1.54, 1.807) is 23.1 Å². The van der Waals surface area contributed by atoms with E-state index in [1.807, 2.05) is 6.92 Å². The molecule has 0 aromatic carbocycles. The van der Waals surface area contributed by atoms with Gasteiger partial charge in [0.05, 0.1) is 18.6 Å². The van der Waals surface area contributed by atoms with Crippen molar-refractivity contribution in [1.29, 1.82) is 0 Å². The SMILES string of the molecule is Cc1cnn2ccnnc12. The fraction of sp³-hybridized carbons (Fsp3) is 0.167. The van der Waals surface area contributed by atoms with Crippen LogP contribution in [-0.4, -0.2) is 19.8 Å². The Morgan fingerprint density at radius 2 is 2.40 bits per heavy atom. The minimum absolute atomic E-state index is 0.822. The smallest absolute Gasteiger partial charge is 0.180 e. The molecular weight excluding hydrogens is 128 g/mol. The molecule has 0 atom stereocenters. The maximum absolute atomic E-state index is 4.03. The van der Waals surface area contributed by atoms with Gasteiger partial charge >= 0.3 is 0 Å². The molecule has 0 aliphatic rings. The Balaban J connectivity index is 2.93. The van der Waals surface area contributed by atoms with Crippen LogP contribution in [-0.2, 0) is 0 Å². The van der Waals surface area contributed by atoms with Crippen LogP contribution >= 0.6 is 0 Å². The van der Waals surface area contributed by atoms with Crippen LogP contribution in [0.3, 0.4) is 0 Å². The third kappa shape index (κ3) is 0.586. The van der Waals surface area contributed by atoms with Crippen molar-refractivity contribution >= 4 is 5.65 Å². The van der Waals surface area contributed by atoms with Crippen molar-refractivity contribution in [3.63, 3.8) is 0 Å². The van der Waals surface area contributed by atoms with Crippen molar-refractivity contribution < 1.29 is 0 Å². The number of nitrogens with zero attached hydrogens (tertiary/aromatic N) is 4. The number of aromatic nitrogens is 4. The predicted molar refractivity (Wildman–Crippen MR) is 35.5 cm³/mol. The van der Waals surface area contributed by atoms with Crippen molar-refractivity contribution in [2.45, 2.75) is 6.92 Å². The topological polar surface area (TPSA) is 43.1 Å². The summed E-state index contributed by atoms with van der Waals surface area (Å²) in [5.41, 5.74) is 1.87. The van der Waals surface area contributed by atoms with Gasteiger partial charge in [-0.1, -0.05) is 0 Å². The van der Waals surface area contributed by atoms with Gasteiger partial charge in [0.2, 0.25) is 0 Å². The highest BCUT2D eigenvalue weighted by Gasteiger charge is 1.97. The van der Waals surface area contributed by atoms with Gasteiger partial charge < -0.3 is 0 Å². The quantitative estimate of drug-likeness (QED) is 0.524. The summed E-state index contributed by atoms with van der Waals surface area (Å²) < 4.78 is 1.70. The predicted octanol–water partition coefficient (Wildman–Crippen LogP) is 0.433. The first-order chi connectivity index (χ1) is 4.88. The first-order valence-electron chi connectivity index (χ1n) is 2.99. The fourth-order valence-electron chi connectivity index (χ4n) is 0.857. The van der Waals surface area contributed by atoms with E-state index in [-0.39, 0.29) is 0 Å². The van der Waals surface area contributed by atoms with Crippen molar-refractivity contribution in [2.24, 2.45) is 0 Å². The summed E-state index contributed by atoms with van der Waals surface area (Å²) in [6.07, 6.45) is 5.15. The average Bonchev–Trinajstić information content (AvgIpc) is 2.34. The molecule has 4 heteroatoms. The lowest BCUT2D eigenvalue weighted by Gasteiger charge is -1.87. The monoisotopic (exact) mass is 134 g/mol. The highest BCUT2D eigenvalue weighted by atomic mass is 15.3. The number of hydrogen-bond donors (Lipinski definition) is 0. The molecule has 0 N–H and O–H groups in total. The minimum atomic E-state index is 0.822. The summed E-state index contributed by atoms with van der Waals surface area (Å²) in [5.74, 6) is 0. The Bertz CT molecular complexity index is 351. The van der Waals surface area contributed by atoms with Crippen LogP contribution in [0.1, 0.15) is 5.56 Å². The van der Waals surface area contributed by atoms with Crippen molar-refractivity contribution in [3.8, 4) is 0 Å². The van der Waals surface area contributed by atoms with Crippen LogP contribution in [0.15, 0.2) is 18.6 Å². The Morgan fingerprint density at radius 3 is 3.20 bits per heavy atom. The molecule has 2 rings (SSSR count). The molecule has 2 heterocycles. The summed E-state index contributed by atoms with van der Waals surface area (Å²) in [6.45, 7) is 1.96. The largest absolute Gasteiger partial charge is 0.219 e. The first-order valence-corrected chi connectivity index (χ1v) is 2.99. The molecule has 0 fully saturated rings. The van der Waals surface area contributed by atoms with E-state index < -0.39 is 0 Å². The molecule has 0 saturated carbocycles. The van der Waals surface area contributed by atoms with Crippen LogP contribution < -0.4 is 0 Å². The molecule has 2 aromatic heterocycles. The van der Waals surface area contributed by atoms with Crippen LogP contribution in [0.2, 0.25) is 0 Å². The van der Waals surface area contributed by atoms with Gasteiger partial charge in [-0.25, -0.2) is 4.52 Å². The lowest BCUT2D eigenvalue weighted by atomic mass is 10.4. The molecule has 0 radical (unpaired) electrons. The van der Waals surface area contributed by atoms with Gasteiger partial charge in [0.1, 0.15) is 0 Å². The Kier molecular flexibility index (Phi) is 0.943. The van der Waals surface area contributed by atoms with Crippen LogP contribution in [0.25, 0.3) is 5.65 Å². The van der Waals surface area contributed by atoms with E-state index in [0.717, 1.165) is 11.2 Å². The summed E-state index contributed by atoms with van der Waals surface area (Å²) in [7, 11) is 0. The molecule has 0 saturated heterocycles. The average molecular weight is 134 g/mol. The molecule has 50 valence electrons. The van der Waals surface area contributed by atoms with Gasteiger partial charge in [-0.15, -0.1) is 5.10 Å². The van der Waals surface area contributed by atoms with E-state index in [9.17, 15) is 0 Å². The molecule has 0 amide bonds. The second kappa shape index (κ2) is 1.76. The van der Waals surface area contributed by atoms with Crippen LogP contribution in [0.4, 0.5) is 0 Å². The van der Waals surface area contributed by atoms with E-state index in [0.29, 0.717) is 0 Å². The standard InChI is InChI=1S/C6H6N4/c1-5-4-8-10-3-2-7-9-6(5)10/h2-4H,1H3. The number of fused-ring (bicyclic) bond motifs is 1. The number of hydrogen-bond acceptors (Lipinski definition) is 3. The van der Waals surface area contributed by atoms with Gasteiger partial charge in [-0.2, -0.15) is 10.2 Å². The maximum atomic E-state index is 4.03. The Hall–Kier alpha value is -1.45. The molecule has 0 spiro atoms. The van der Waals surface area contributed by atoms with Gasteiger partial charge in [0.15, 0.2) is 5.65 Å². The van der Waals surface area contributed by atoms with E-state index in [2.05, 4.69) is 15.3 Å². The summed E-state index contributed by atoms with van der Waals surface area (Å²) >= 11 is 0. The zero-order chi connectivity index (χ0) is 6.97. The number of rotatable bonds is 0. The van der Waals surface area contributed by atoms with E-state index >= 15 is 0 Å². The lowest BCUT2D eigenvalue weighted by Crippen LogP contribution is -1.90. The summed E-state index contributed by atoms with van der Waals surface area (Å²) in [5, 5.41) is 11.7. The normalized spacial score (nSPS) is 10.5. The van der Waals surface area contributed by atoms with Gasteiger partial charge in [0, 0.05) is 5.56 Å². The fourth-order valence-corrected chi connectivity index (χ4v) is 0.857. The van der Waals surface area contributed by atoms with Crippen LogP contribution in [0, 0.1) is 6.92 Å². The minimum Gasteiger partial charge on any atom is -0.219 e.